The van der Waals surface area contributed by atoms with E-state index in [4.69, 9.17) is 11.0 Å². The molecule has 0 bridgehead atoms. The third kappa shape index (κ3) is 1.89. The Morgan fingerprint density at radius 2 is 2.26 bits per heavy atom. The molecule has 1 aromatic carbocycles. The van der Waals surface area contributed by atoms with Gasteiger partial charge in [0.2, 0.25) is 5.95 Å². The topological polar surface area (TPSA) is 98.3 Å². The average Bonchev–Trinajstić information content (AvgIpc) is 2.94. The first kappa shape index (κ1) is 11.2. The van der Waals surface area contributed by atoms with Gasteiger partial charge in [0.1, 0.15) is 6.33 Å². The maximum absolute atomic E-state index is 8.95. The third-order valence-corrected chi connectivity index (χ3v) is 2.85. The second-order valence-corrected chi connectivity index (χ2v) is 4.21. The first-order valence-corrected chi connectivity index (χ1v) is 5.68. The summed E-state index contributed by atoms with van der Waals surface area (Å²) in [6, 6.07) is 7.38. The van der Waals surface area contributed by atoms with E-state index in [2.05, 4.69) is 21.1 Å². The van der Waals surface area contributed by atoms with E-state index in [-0.39, 0.29) is 0 Å². The minimum Gasteiger partial charge on any atom is -0.369 e. The second kappa shape index (κ2) is 4.10. The summed E-state index contributed by atoms with van der Waals surface area (Å²) in [7, 11) is 1.81. The molecule has 0 saturated heterocycles. The molecule has 0 fully saturated rings. The van der Waals surface area contributed by atoms with Crippen molar-refractivity contribution in [2.75, 3.05) is 5.73 Å². The van der Waals surface area contributed by atoms with Gasteiger partial charge in [0, 0.05) is 7.05 Å². The molecule has 0 spiro atoms. The summed E-state index contributed by atoms with van der Waals surface area (Å²) in [5.41, 5.74) is 8.04. The van der Waals surface area contributed by atoms with E-state index < -0.39 is 0 Å². The van der Waals surface area contributed by atoms with Crippen molar-refractivity contribution in [3.05, 3.63) is 35.9 Å². The van der Waals surface area contributed by atoms with E-state index in [1.807, 2.05) is 0 Å². The van der Waals surface area contributed by atoms with Crippen LogP contribution in [0, 0.1) is 11.3 Å². The molecule has 0 aliphatic carbocycles. The molecule has 94 valence electrons. The number of rotatable bonds is 2. The summed E-state index contributed by atoms with van der Waals surface area (Å²) < 4.78 is 3.43. The monoisotopic (exact) mass is 253 g/mol. The fourth-order valence-corrected chi connectivity index (χ4v) is 1.97. The van der Waals surface area contributed by atoms with Crippen molar-refractivity contribution in [3.63, 3.8) is 0 Å². The van der Waals surface area contributed by atoms with Crippen molar-refractivity contribution < 1.29 is 0 Å². The van der Waals surface area contributed by atoms with Crippen molar-refractivity contribution in [1.82, 2.24) is 24.3 Å². The molecular formula is C12H11N7. The van der Waals surface area contributed by atoms with Gasteiger partial charge in [-0.15, -0.1) is 0 Å². The van der Waals surface area contributed by atoms with E-state index in [0.29, 0.717) is 23.9 Å². The van der Waals surface area contributed by atoms with Gasteiger partial charge in [-0.3, -0.25) is 4.68 Å². The van der Waals surface area contributed by atoms with Gasteiger partial charge in [-0.2, -0.15) is 10.4 Å². The van der Waals surface area contributed by atoms with Gasteiger partial charge < -0.3 is 10.3 Å². The highest BCUT2D eigenvalue weighted by Gasteiger charge is 2.11. The van der Waals surface area contributed by atoms with Crippen LogP contribution < -0.4 is 5.73 Å². The zero-order valence-corrected chi connectivity index (χ0v) is 10.3. The van der Waals surface area contributed by atoms with Crippen molar-refractivity contribution in [3.8, 4) is 6.07 Å². The van der Waals surface area contributed by atoms with Gasteiger partial charge in [0.25, 0.3) is 0 Å². The number of aryl methyl sites for hydroxylation is 1. The molecule has 0 aliphatic heterocycles. The molecule has 7 nitrogen and oxygen atoms in total. The van der Waals surface area contributed by atoms with Gasteiger partial charge in [-0.1, -0.05) is 0 Å². The van der Waals surface area contributed by atoms with Crippen LogP contribution in [-0.4, -0.2) is 24.3 Å². The highest BCUT2D eigenvalue weighted by molar-refractivity contribution is 5.79. The van der Waals surface area contributed by atoms with E-state index in [0.717, 1.165) is 11.0 Å². The molecule has 0 radical (unpaired) electrons. The minimum absolute atomic E-state index is 0.387. The highest BCUT2D eigenvalue weighted by atomic mass is 15.3. The molecular weight excluding hydrogens is 242 g/mol. The number of aromatic nitrogens is 5. The van der Waals surface area contributed by atoms with Crippen molar-refractivity contribution in [2.45, 2.75) is 6.54 Å². The predicted octanol–water partition coefficient (Wildman–Crippen LogP) is 0.667. The molecule has 0 amide bonds. The number of fused-ring (bicyclic) bond motifs is 1. The standard InChI is InChI=1S/C12H11N7/c1-18-7-15-11(17-18)6-19-10-4-8(5-13)2-3-9(10)16-12(19)14/h2-4,7H,6H2,1H3,(H2,14,16). The lowest BCUT2D eigenvalue weighted by molar-refractivity contribution is 0.715. The first-order valence-electron chi connectivity index (χ1n) is 5.68. The summed E-state index contributed by atoms with van der Waals surface area (Å²) in [6.07, 6.45) is 1.63. The lowest BCUT2D eigenvalue weighted by Gasteiger charge is -2.03. The molecule has 3 rings (SSSR count). The Labute approximate surface area is 108 Å². The number of anilines is 1. The fourth-order valence-electron chi connectivity index (χ4n) is 1.97. The van der Waals surface area contributed by atoms with E-state index in [1.54, 1.807) is 40.8 Å². The number of nitriles is 1. The largest absolute Gasteiger partial charge is 0.369 e. The van der Waals surface area contributed by atoms with Crippen LogP contribution in [0.4, 0.5) is 5.95 Å². The van der Waals surface area contributed by atoms with Crippen LogP contribution in [-0.2, 0) is 13.6 Å². The number of nitrogens with zero attached hydrogens (tertiary/aromatic N) is 6. The summed E-state index contributed by atoms with van der Waals surface area (Å²) in [4.78, 5) is 8.42. The van der Waals surface area contributed by atoms with Crippen LogP contribution in [0.15, 0.2) is 24.5 Å². The van der Waals surface area contributed by atoms with Crippen LogP contribution in [0.25, 0.3) is 11.0 Å². The first-order chi connectivity index (χ1) is 9.17. The number of imidazole rings is 1. The molecule has 0 aliphatic rings. The van der Waals surface area contributed by atoms with Crippen molar-refractivity contribution in [1.29, 1.82) is 5.26 Å². The fraction of sp³-hybridized carbons (Fsp3) is 0.167. The van der Waals surface area contributed by atoms with Gasteiger partial charge in [-0.05, 0) is 18.2 Å². The summed E-state index contributed by atoms with van der Waals surface area (Å²) in [6.45, 7) is 0.429. The molecule has 3 aromatic rings. The third-order valence-electron chi connectivity index (χ3n) is 2.85. The Balaban J connectivity index is 2.11. The Morgan fingerprint density at radius 1 is 1.42 bits per heavy atom. The Bertz CT molecular complexity index is 790. The highest BCUT2D eigenvalue weighted by Crippen LogP contribution is 2.19. The van der Waals surface area contributed by atoms with Crippen molar-refractivity contribution in [2.24, 2.45) is 7.05 Å². The van der Waals surface area contributed by atoms with Gasteiger partial charge in [0.15, 0.2) is 5.82 Å². The number of hydrogen-bond donors (Lipinski definition) is 1. The number of nitrogens with two attached hydrogens (primary N) is 1. The maximum Gasteiger partial charge on any atom is 0.201 e. The zero-order chi connectivity index (χ0) is 13.4. The lowest BCUT2D eigenvalue weighted by atomic mass is 10.2. The molecule has 2 aromatic heterocycles. The molecule has 0 unspecified atom stereocenters. The summed E-state index contributed by atoms with van der Waals surface area (Å²) in [5.74, 6) is 1.04. The minimum atomic E-state index is 0.387. The van der Waals surface area contributed by atoms with E-state index >= 15 is 0 Å². The molecule has 2 N–H and O–H groups in total. The lowest BCUT2D eigenvalue weighted by Crippen LogP contribution is -2.06. The van der Waals surface area contributed by atoms with E-state index in [1.165, 1.54) is 0 Å². The quantitative estimate of drug-likeness (QED) is 0.723. The normalized spacial score (nSPS) is 10.7. The second-order valence-electron chi connectivity index (χ2n) is 4.21. The number of nitrogen functional groups attached to an aromatic ring is 1. The van der Waals surface area contributed by atoms with Crippen LogP contribution in [0.1, 0.15) is 11.4 Å². The predicted molar refractivity (Wildman–Crippen MR) is 69.0 cm³/mol. The smallest absolute Gasteiger partial charge is 0.201 e. The number of benzene rings is 1. The molecule has 2 heterocycles. The molecule has 19 heavy (non-hydrogen) atoms. The zero-order valence-electron chi connectivity index (χ0n) is 10.3. The van der Waals surface area contributed by atoms with Crippen LogP contribution in [0.5, 0.6) is 0 Å². The Hall–Kier alpha value is -2.88. The molecule has 7 heteroatoms. The van der Waals surface area contributed by atoms with Gasteiger partial charge in [0.05, 0.1) is 29.2 Å². The SMILES string of the molecule is Cn1cnc(Cn2c(N)nc3ccc(C#N)cc32)n1. The van der Waals surface area contributed by atoms with Gasteiger partial charge in [-0.25, -0.2) is 9.97 Å². The van der Waals surface area contributed by atoms with Crippen LogP contribution >= 0.6 is 0 Å². The Morgan fingerprint density at radius 3 is 2.95 bits per heavy atom. The maximum atomic E-state index is 8.95. The van der Waals surface area contributed by atoms with Crippen molar-refractivity contribution >= 4 is 17.0 Å². The molecule has 0 atom stereocenters. The van der Waals surface area contributed by atoms with Crippen LogP contribution in [0.3, 0.4) is 0 Å². The van der Waals surface area contributed by atoms with E-state index in [9.17, 15) is 0 Å². The summed E-state index contributed by atoms with van der Waals surface area (Å²) in [5, 5.41) is 13.2. The van der Waals surface area contributed by atoms with Crippen LogP contribution in [0.2, 0.25) is 0 Å². The molecule has 0 saturated carbocycles. The summed E-state index contributed by atoms with van der Waals surface area (Å²) >= 11 is 0. The Kier molecular flexibility index (Phi) is 2.42. The average molecular weight is 253 g/mol. The number of hydrogen-bond acceptors (Lipinski definition) is 5. The van der Waals surface area contributed by atoms with Gasteiger partial charge >= 0.3 is 0 Å².